The van der Waals surface area contributed by atoms with Gasteiger partial charge in [-0.15, -0.1) is 0 Å². The summed E-state index contributed by atoms with van der Waals surface area (Å²) in [5, 5.41) is 11.1. The molecule has 0 fully saturated rings. The third kappa shape index (κ3) is 33.3. The fourth-order valence-corrected chi connectivity index (χ4v) is 3.33. The number of carbonyl (C=O) groups is 6. The average molecular weight is 636 g/mol. The van der Waals surface area contributed by atoms with Crippen molar-refractivity contribution in [3.8, 4) is 0 Å². The van der Waals surface area contributed by atoms with E-state index in [1.807, 2.05) is 6.92 Å². The zero-order valence-corrected chi connectivity index (χ0v) is 27.0. The fraction of sp³-hybridized carbons (Fsp3) is 0.786. The molecule has 16 heteroatoms. The molecule has 0 aliphatic heterocycles. The lowest BCUT2D eigenvalue weighted by Gasteiger charge is -2.33. The Hall–Kier alpha value is -3.18. The van der Waals surface area contributed by atoms with Crippen molar-refractivity contribution < 1.29 is 43.0 Å². The van der Waals surface area contributed by atoms with Gasteiger partial charge in [-0.05, 0) is 33.2 Å². The van der Waals surface area contributed by atoms with Crippen molar-refractivity contribution in [1.82, 2.24) is 21.3 Å². The summed E-state index contributed by atoms with van der Waals surface area (Å²) in [5.41, 5.74) is 14.5. The third-order valence-corrected chi connectivity index (χ3v) is 5.43. The minimum absolute atomic E-state index is 0.0871. The van der Waals surface area contributed by atoms with Crippen LogP contribution in [0.4, 0.5) is 0 Å². The molecule has 0 aliphatic carbocycles. The van der Waals surface area contributed by atoms with Gasteiger partial charge >= 0.3 is 0 Å². The second-order valence-electron chi connectivity index (χ2n) is 9.48. The number of primary amides is 2. The SMILES string of the molecule is CCC.CCNC(=O)COCCN.CNC(CCC=O)(CCC(=O)NCCOCC(N)=O)CCC(=O)NCCOCC(N)=O. The van der Waals surface area contributed by atoms with Crippen LogP contribution in [0.5, 0.6) is 0 Å². The molecule has 16 nitrogen and oxygen atoms in total. The highest BCUT2D eigenvalue weighted by atomic mass is 16.5. The van der Waals surface area contributed by atoms with Gasteiger partial charge in [0.15, 0.2) is 0 Å². The van der Waals surface area contributed by atoms with Gasteiger partial charge in [-0.25, -0.2) is 0 Å². The molecule has 258 valence electrons. The summed E-state index contributed by atoms with van der Waals surface area (Å²) in [6.07, 6.45) is 4.08. The molecular formula is C28H57N7O9. The van der Waals surface area contributed by atoms with Gasteiger partial charge < -0.3 is 57.5 Å². The van der Waals surface area contributed by atoms with Gasteiger partial charge in [0.25, 0.3) is 0 Å². The Bertz CT molecular complexity index is 747. The van der Waals surface area contributed by atoms with Gasteiger partial charge in [0.1, 0.15) is 26.1 Å². The minimum Gasteiger partial charge on any atom is -0.370 e. The molecule has 44 heavy (non-hydrogen) atoms. The molecule has 0 spiro atoms. The lowest BCUT2D eigenvalue weighted by atomic mass is 9.83. The van der Waals surface area contributed by atoms with Crippen LogP contribution < -0.4 is 38.5 Å². The van der Waals surface area contributed by atoms with Crippen molar-refractivity contribution >= 4 is 35.8 Å². The predicted octanol–water partition coefficient (Wildman–Crippen LogP) is -1.77. The highest BCUT2D eigenvalue weighted by molar-refractivity contribution is 5.77. The smallest absolute Gasteiger partial charge is 0.245 e. The maximum atomic E-state index is 12.1. The first kappa shape index (κ1) is 45.3. The summed E-state index contributed by atoms with van der Waals surface area (Å²) >= 11 is 0. The Labute approximate surface area is 261 Å². The summed E-state index contributed by atoms with van der Waals surface area (Å²) in [7, 11) is 1.73. The molecule has 10 N–H and O–H groups in total. The van der Waals surface area contributed by atoms with Gasteiger partial charge in [0, 0.05) is 51.0 Å². The molecule has 0 atom stereocenters. The van der Waals surface area contributed by atoms with E-state index < -0.39 is 17.4 Å². The van der Waals surface area contributed by atoms with E-state index in [1.165, 1.54) is 6.42 Å². The molecule has 0 saturated carbocycles. The van der Waals surface area contributed by atoms with Crippen LogP contribution in [0, 0.1) is 0 Å². The normalized spacial score (nSPS) is 10.3. The van der Waals surface area contributed by atoms with Crippen molar-refractivity contribution in [2.45, 2.75) is 71.3 Å². The average Bonchev–Trinajstić information content (AvgIpc) is 2.97. The zero-order valence-electron chi connectivity index (χ0n) is 27.0. The number of carbonyl (C=O) groups excluding carboxylic acids is 6. The van der Waals surface area contributed by atoms with Crippen LogP contribution in [-0.2, 0) is 43.0 Å². The predicted molar refractivity (Wildman–Crippen MR) is 166 cm³/mol. The van der Waals surface area contributed by atoms with Crippen LogP contribution >= 0.6 is 0 Å². The van der Waals surface area contributed by atoms with Crippen molar-refractivity contribution in [3.05, 3.63) is 0 Å². The molecule has 5 amide bonds. The van der Waals surface area contributed by atoms with E-state index in [4.69, 9.17) is 31.4 Å². The second-order valence-corrected chi connectivity index (χ2v) is 9.48. The number of hydrogen-bond donors (Lipinski definition) is 7. The quantitative estimate of drug-likeness (QED) is 0.0436. The summed E-state index contributed by atoms with van der Waals surface area (Å²) in [5.74, 6) is -1.66. The van der Waals surface area contributed by atoms with Gasteiger partial charge in [-0.1, -0.05) is 20.3 Å². The largest absolute Gasteiger partial charge is 0.370 e. The third-order valence-electron chi connectivity index (χ3n) is 5.43. The van der Waals surface area contributed by atoms with Gasteiger partial charge in [0.2, 0.25) is 29.5 Å². The zero-order chi connectivity index (χ0) is 34.1. The number of rotatable bonds is 25. The first-order chi connectivity index (χ1) is 21.0. The Morgan fingerprint density at radius 1 is 0.705 bits per heavy atom. The van der Waals surface area contributed by atoms with Crippen molar-refractivity contribution in [1.29, 1.82) is 0 Å². The molecule has 0 radical (unpaired) electrons. The number of amides is 5. The Morgan fingerprint density at radius 3 is 1.52 bits per heavy atom. The lowest BCUT2D eigenvalue weighted by molar-refractivity contribution is -0.126. The van der Waals surface area contributed by atoms with E-state index in [0.717, 1.165) is 6.29 Å². The number of nitrogens with one attached hydrogen (secondary N) is 4. The number of nitrogens with two attached hydrogens (primary N) is 3. The van der Waals surface area contributed by atoms with Crippen LogP contribution in [-0.4, -0.2) is 114 Å². The van der Waals surface area contributed by atoms with Crippen LogP contribution in [0.25, 0.3) is 0 Å². The van der Waals surface area contributed by atoms with Gasteiger partial charge in [-0.3, -0.25) is 24.0 Å². The maximum Gasteiger partial charge on any atom is 0.245 e. The summed E-state index contributed by atoms with van der Waals surface area (Å²) in [4.78, 5) is 66.8. The number of aldehydes is 1. The molecule has 0 unspecified atom stereocenters. The topological polar surface area (TPSA) is 256 Å². The van der Waals surface area contributed by atoms with Crippen molar-refractivity contribution in [2.75, 3.05) is 72.9 Å². The number of ether oxygens (including phenoxy) is 3. The maximum absolute atomic E-state index is 12.1. The lowest BCUT2D eigenvalue weighted by Crippen LogP contribution is -2.45. The van der Waals surface area contributed by atoms with Crippen molar-refractivity contribution in [2.24, 2.45) is 17.2 Å². The van der Waals surface area contributed by atoms with Crippen LogP contribution in [0.1, 0.15) is 65.7 Å². The Morgan fingerprint density at radius 2 is 1.16 bits per heavy atom. The fourth-order valence-electron chi connectivity index (χ4n) is 3.33. The molecule has 0 aromatic carbocycles. The van der Waals surface area contributed by atoms with E-state index >= 15 is 0 Å². The first-order valence-electron chi connectivity index (χ1n) is 14.9. The van der Waals surface area contributed by atoms with E-state index in [1.54, 1.807) is 7.05 Å². The summed E-state index contributed by atoms with van der Waals surface area (Å²) in [6.45, 7) is 8.18. The number of hydrogen-bond acceptors (Lipinski definition) is 11. The monoisotopic (exact) mass is 635 g/mol. The van der Waals surface area contributed by atoms with Gasteiger partial charge in [0.05, 0.1) is 19.8 Å². The molecule has 0 saturated heterocycles. The highest BCUT2D eigenvalue weighted by Gasteiger charge is 2.29. The molecule has 0 rings (SSSR count). The van der Waals surface area contributed by atoms with Gasteiger partial charge in [-0.2, -0.15) is 0 Å². The number of likely N-dealkylation sites (N-methyl/N-ethyl adjacent to an activating group) is 1. The molecule has 0 aliphatic rings. The van der Waals surface area contributed by atoms with E-state index in [9.17, 15) is 28.8 Å². The molecular weight excluding hydrogens is 578 g/mol. The van der Waals surface area contributed by atoms with Crippen LogP contribution in [0.2, 0.25) is 0 Å². The summed E-state index contributed by atoms with van der Waals surface area (Å²) < 4.78 is 14.8. The van der Waals surface area contributed by atoms with E-state index in [-0.39, 0.29) is 76.7 Å². The van der Waals surface area contributed by atoms with Crippen LogP contribution in [0.3, 0.4) is 0 Å². The second kappa shape index (κ2) is 32.7. The highest BCUT2D eigenvalue weighted by Crippen LogP contribution is 2.25. The Balaban J connectivity index is -0.00000107. The first-order valence-corrected chi connectivity index (χ1v) is 14.9. The minimum atomic E-state index is -0.581. The van der Waals surface area contributed by atoms with Crippen molar-refractivity contribution in [3.63, 3.8) is 0 Å². The summed E-state index contributed by atoms with van der Waals surface area (Å²) in [6, 6.07) is 0. The van der Waals surface area contributed by atoms with E-state index in [0.29, 0.717) is 45.4 Å². The Kier molecular flexibility index (Phi) is 33.7. The van der Waals surface area contributed by atoms with Crippen LogP contribution in [0.15, 0.2) is 0 Å². The molecule has 0 heterocycles. The molecule has 0 bridgehead atoms. The molecule has 0 aromatic rings. The van der Waals surface area contributed by atoms with E-state index in [2.05, 4.69) is 35.1 Å². The standard InChI is InChI=1S/C19H35N5O7.C6H14N2O2.C3H8/c1-22-19(5-2-10-25,6-3-17(28)23-8-11-30-13-15(20)26)7-4-18(29)24-9-12-31-14-16(21)27;1-2-8-6(9)5-10-4-3-7;1-3-2/h10,22H,2-9,11-14H2,1H3,(H2,20,26)(H2,21,27)(H,23,28)(H,24,29);2-5,7H2,1H3,(H,8,9);3H2,1-2H3. The molecule has 0 aromatic heterocycles.